The van der Waals surface area contributed by atoms with Crippen LogP contribution < -0.4 is 10.6 Å². The van der Waals surface area contributed by atoms with Crippen molar-refractivity contribution in [2.75, 3.05) is 5.32 Å². The van der Waals surface area contributed by atoms with Crippen molar-refractivity contribution in [3.8, 4) is 5.69 Å². The number of benzene rings is 2. The molecule has 0 radical (unpaired) electrons. The van der Waals surface area contributed by atoms with E-state index < -0.39 is 0 Å². The van der Waals surface area contributed by atoms with Crippen molar-refractivity contribution in [2.24, 2.45) is 0 Å². The Kier molecular flexibility index (Phi) is 6.85. The second kappa shape index (κ2) is 10.1. The standard InChI is InChI=1S/C24H23ClN6O2/c1-2-22-21(15-28-31(22)20-9-4-7-18(25)13-20)24(33)26-14-17-6-3-8-19(12-17)29-23(32)16-30-11-5-10-27-30/h3-13,15H,2,14,16H2,1H3,(H,26,33)(H,29,32). The van der Waals surface area contributed by atoms with Gasteiger partial charge in [-0.25, -0.2) is 4.68 Å². The number of nitrogens with one attached hydrogen (secondary N) is 2. The van der Waals surface area contributed by atoms with Crippen molar-refractivity contribution in [1.82, 2.24) is 24.9 Å². The third-order valence-corrected chi connectivity index (χ3v) is 5.26. The van der Waals surface area contributed by atoms with Crippen molar-refractivity contribution < 1.29 is 9.59 Å². The van der Waals surface area contributed by atoms with E-state index in [1.165, 1.54) is 0 Å². The predicted molar refractivity (Wildman–Crippen MR) is 126 cm³/mol. The second-order valence-electron chi connectivity index (χ2n) is 7.39. The molecule has 0 aliphatic heterocycles. The Morgan fingerprint density at radius 2 is 1.91 bits per heavy atom. The summed E-state index contributed by atoms with van der Waals surface area (Å²) in [5, 5.41) is 14.8. The number of halogens is 1. The predicted octanol–water partition coefficient (Wildman–Crippen LogP) is 3.85. The van der Waals surface area contributed by atoms with E-state index in [0.29, 0.717) is 29.2 Å². The molecule has 0 aliphatic carbocycles. The summed E-state index contributed by atoms with van der Waals surface area (Å²) in [6, 6.07) is 16.5. The third-order valence-electron chi connectivity index (χ3n) is 5.03. The fraction of sp³-hybridized carbons (Fsp3) is 0.167. The molecular formula is C24H23ClN6O2. The lowest BCUT2D eigenvalue weighted by Gasteiger charge is -2.10. The summed E-state index contributed by atoms with van der Waals surface area (Å²) in [5.41, 5.74) is 3.63. The topological polar surface area (TPSA) is 93.8 Å². The first kappa shape index (κ1) is 22.3. The van der Waals surface area contributed by atoms with E-state index in [1.54, 1.807) is 46.2 Å². The SMILES string of the molecule is CCc1c(C(=O)NCc2cccc(NC(=O)Cn3cccn3)c2)cnn1-c1cccc(Cl)c1. The second-order valence-corrected chi connectivity index (χ2v) is 7.82. The lowest BCUT2D eigenvalue weighted by atomic mass is 10.1. The highest BCUT2D eigenvalue weighted by Crippen LogP contribution is 2.19. The Morgan fingerprint density at radius 1 is 1.06 bits per heavy atom. The Morgan fingerprint density at radius 3 is 2.67 bits per heavy atom. The van der Waals surface area contributed by atoms with E-state index in [0.717, 1.165) is 16.9 Å². The van der Waals surface area contributed by atoms with Crippen molar-refractivity contribution in [2.45, 2.75) is 26.4 Å². The van der Waals surface area contributed by atoms with Gasteiger partial charge in [0.1, 0.15) is 6.54 Å². The summed E-state index contributed by atoms with van der Waals surface area (Å²) in [7, 11) is 0. The first-order valence-electron chi connectivity index (χ1n) is 10.5. The molecular weight excluding hydrogens is 440 g/mol. The molecule has 0 spiro atoms. The van der Waals surface area contributed by atoms with Crippen LogP contribution in [-0.2, 0) is 24.3 Å². The molecule has 9 heteroatoms. The van der Waals surface area contributed by atoms with Crippen LogP contribution in [0.5, 0.6) is 0 Å². The Bertz CT molecular complexity index is 1270. The summed E-state index contributed by atoms with van der Waals surface area (Å²) >= 11 is 6.11. The molecule has 4 rings (SSSR count). The van der Waals surface area contributed by atoms with Crippen LogP contribution in [0.4, 0.5) is 5.69 Å². The van der Waals surface area contributed by atoms with Crippen molar-refractivity contribution in [1.29, 1.82) is 0 Å². The molecule has 2 amide bonds. The minimum absolute atomic E-state index is 0.129. The van der Waals surface area contributed by atoms with Crippen LogP contribution in [-0.4, -0.2) is 31.4 Å². The average Bonchev–Trinajstić information content (AvgIpc) is 3.47. The first-order chi connectivity index (χ1) is 16.0. The highest BCUT2D eigenvalue weighted by molar-refractivity contribution is 6.30. The van der Waals surface area contributed by atoms with Gasteiger partial charge >= 0.3 is 0 Å². The molecule has 2 heterocycles. The fourth-order valence-electron chi connectivity index (χ4n) is 3.51. The molecule has 2 N–H and O–H groups in total. The van der Waals surface area contributed by atoms with Gasteiger partial charge < -0.3 is 10.6 Å². The highest BCUT2D eigenvalue weighted by Gasteiger charge is 2.17. The minimum atomic E-state index is -0.215. The molecule has 0 aliphatic rings. The van der Waals surface area contributed by atoms with Gasteiger partial charge in [0, 0.05) is 29.6 Å². The number of carbonyl (C=O) groups excluding carboxylic acids is 2. The number of carbonyl (C=O) groups is 2. The van der Waals surface area contributed by atoms with E-state index in [9.17, 15) is 9.59 Å². The monoisotopic (exact) mass is 462 g/mol. The molecule has 2 aromatic heterocycles. The molecule has 2 aromatic carbocycles. The number of nitrogens with zero attached hydrogens (tertiary/aromatic N) is 4. The van der Waals surface area contributed by atoms with Crippen molar-refractivity contribution >= 4 is 29.1 Å². The largest absolute Gasteiger partial charge is 0.348 e. The van der Waals surface area contributed by atoms with Gasteiger partial charge in [0.05, 0.1) is 23.1 Å². The third kappa shape index (κ3) is 5.48. The van der Waals surface area contributed by atoms with Gasteiger partial charge in [0.25, 0.3) is 5.91 Å². The van der Waals surface area contributed by atoms with Crippen LogP contribution in [0.3, 0.4) is 0 Å². The Labute approximate surface area is 196 Å². The first-order valence-corrected chi connectivity index (χ1v) is 10.9. The van der Waals surface area contributed by atoms with Crippen LogP contribution >= 0.6 is 11.6 Å². The molecule has 33 heavy (non-hydrogen) atoms. The van der Waals surface area contributed by atoms with Gasteiger partial charge in [-0.2, -0.15) is 10.2 Å². The van der Waals surface area contributed by atoms with Crippen LogP contribution in [0, 0.1) is 0 Å². The summed E-state index contributed by atoms with van der Waals surface area (Å²) in [4.78, 5) is 25.1. The quantitative estimate of drug-likeness (QED) is 0.416. The molecule has 8 nitrogen and oxygen atoms in total. The van der Waals surface area contributed by atoms with Crippen molar-refractivity contribution in [3.63, 3.8) is 0 Å². The number of hydrogen-bond donors (Lipinski definition) is 2. The lowest BCUT2D eigenvalue weighted by molar-refractivity contribution is -0.116. The molecule has 0 saturated carbocycles. The smallest absolute Gasteiger partial charge is 0.255 e. The van der Waals surface area contributed by atoms with E-state index >= 15 is 0 Å². The minimum Gasteiger partial charge on any atom is -0.348 e. The maximum Gasteiger partial charge on any atom is 0.255 e. The number of anilines is 1. The van der Waals surface area contributed by atoms with Gasteiger partial charge in [0.15, 0.2) is 0 Å². The molecule has 0 bridgehead atoms. The average molecular weight is 463 g/mol. The maximum absolute atomic E-state index is 12.9. The maximum atomic E-state index is 12.9. The number of amides is 2. The van der Waals surface area contributed by atoms with Crippen LogP contribution in [0.1, 0.15) is 28.5 Å². The fourth-order valence-corrected chi connectivity index (χ4v) is 3.70. The number of rotatable bonds is 8. The normalized spacial score (nSPS) is 10.7. The van der Waals surface area contributed by atoms with Gasteiger partial charge in [-0.1, -0.05) is 36.7 Å². The van der Waals surface area contributed by atoms with Gasteiger partial charge in [-0.3, -0.25) is 14.3 Å². The van der Waals surface area contributed by atoms with Crippen LogP contribution in [0.15, 0.2) is 73.2 Å². The summed E-state index contributed by atoms with van der Waals surface area (Å²) < 4.78 is 3.28. The summed E-state index contributed by atoms with van der Waals surface area (Å²) in [5.74, 6) is -0.394. The molecule has 4 aromatic rings. The highest BCUT2D eigenvalue weighted by atomic mass is 35.5. The zero-order valence-electron chi connectivity index (χ0n) is 18.0. The molecule has 0 unspecified atom stereocenters. The van der Waals surface area contributed by atoms with Gasteiger partial charge in [0.2, 0.25) is 5.91 Å². The zero-order chi connectivity index (χ0) is 23.2. The van der Waals surface area contributed by atoms with Gasteiger partial charge in [-0.05, 0) is 48.4 Å². The summed E-state index contributed by atoms with van der Waals surface area (Å²) in [6.07, 6.45) is 5.55. The summed E-state index contributed by atoms with van der Waals surface area (Å²) in [6.45, 7) is 2.42. The molecule has 0 saturated heterocycles. The zero-order valence-corrected chi connectivity index (χ0v) is 18.8. The Hall–Kier alpha value is -3.91. The van der Waals surface area contributed by atoms with Crippen LogP contribution in [0.25, 0.3) is 5.69 Å². The molecule has 168 valence electrons. The van der Waals surface area contributed by atoms with Crippen LogP contribution in [0.2, 0.25) is 5.02 Å². The molecule has 0 atom stereocenters. The number of hydrogen-bond acceptors (Lipinski definition) is 4. The van der Waals surface area contributed by atoms with E-state index in [1.807, 2.05) is 43.3 Å². The van der Waals surface area contributed by atoms with E-state index in [-0.39, 0.29) is 18.4 Å². The van der Waals surface area contributed by atoms with Crippen molar-refractivity contribution in [3.05, 3.63) is 95.0 Å². The molecule has 0 fully saturated rings. The Balaban J connectivity index is 1.41. The van der Waals surface area contributed by atoms with Gasteiger partial charge in [-0.15, -0.1) is 0 Å². The van der Waals surface area contributed by atoms with E-state index in [2.05, 4.69) is 20.8 Å². The lowest BCUT2D eigenvalue weighted by Crippen LogP contribution is -2.24. The van der Waals surface area contributed by atoms with E-state index in [4.69, 9.17) is 11.6 Å². The number of aromatic nitrogens is 4.